The normalized spacial score (nSPS) is 15.6. The molecule has 0 aliphatic carbocycles. The summed E-state index contributed by atoms with van der Waals surface area (Å²) >= 11 is 1.80. The minimum atomic E-state index is 0.637. The first-order chi connectivity index (χ1) is 12.4. The second-order valence-electron chi connectivity index (χ2n) is 5.88. The summed E-state index contributed by atoms with van der Waals surface area (Å²) in [5.41, 5.74) is 0. The number of guanidine groups is 1. The molecule has 1 aliphatic heterocycles. The summed E-state index contributed by atoms with van der Waals surface area (Å²) < 4.78 is 10.5. The molecule has 6 nitrogen and oxygen atoms in total. The van der Waals surface area contributed by atoms with E-state index in [1.807, 2.05) is 12.1 Å². The second-order valence-corrected chi connectivity index (χ2v) is 6.81. The van der Waals surface area contributed by atoms with Crippen molar-refractivity contribution in [2.24, 2.45) is 4.99 Å². The monoisotopic (exact) mass is 362 g/mol. The lowest BCUT2D eigenvalue weighted by Crippen LogP contribution is -2.52. The zero-order chi connectivity index (χ0) is 17.3. The molecule has 0 radical (unpaired) electrons. The molecule has 25 heavy (non-hydrogen) atoms. The summed E-state index contributed by atoms with van der Waals surface area (Å²) in [4.78, 5) is 9.48. The second kappa shape index (κ2) is 9.48. The van der Waals surface area contributed by atoms with Gasteiger partial charge in [-0.3, -0.25) is 4.99 Å². The maximum Gasteiger partial charge on any atom is 0.194 e. The highest BCUT2D eigenvalue weighted by Crippen LogP contribution is 2.22. The number of hydrogen-bond donors (Lipinski definition) is 1. The molecular weight excluding hydrogens is 336 g/mol. The Labute approximate surface area is 153 Å². The highest BCUT2D eigenvalue weighted by Gasteiger charge is 2.20. The van der Waals surface area contributed by atoms with E-state index in [4.69, 9.17) is 14.1 Å². The SMILES string of the molecule is COCCN=C(NCCc1ccco1)N1CCN(c2cccs2)CC1. The summed E-state index contributed by atoms with van der Waals surface area (Å²) in [6, 6.07) is 8.23. The van der Waals surface area contributed by atoms with Gasteiger partial charge in [0.25, 0.3) is 0 Å². The lowest BCUT2D eigenvalue weighted by atomic mass is 10.3. The Hall–Kier alpha value is -1.99. The predicted molar refractivity (Wildman–Crippen MR) is 103 cm³/mol. The van der Waals surface area contributed by atoms with Crippen LogP contribution < -0.4 is 10.2 Å². The summed E-state index contributed by atoms with van der Waals surface area (Å²) in [6.45, 7) is 6.09. The largest absolute Gasteiger partial charge is 0.469 e. The van der Waals surface area contributed by atoms with Crippen LogP contribution in [-0.2, 0) is 11.2 Å². The molecule has 3 rings (SSSR count). The van der Waals surface area contributed by atoms with Gasteiger partial charge in [-0.2, -0.15) is 0 Å². The van der Waals surface area contributed by atoms with Crippen LogP contribution in [0.5, 0.6) is 0 Å². The van der Waals surface area contributed by atoms with Crippen molar-refractivity contribution in [2.45, 2.75) is 6.42 Å². The van der Waals surface area contributed by atoms with E-state index in [1.165, 1.54) is 5.00 Å². The van der Waals surface area contributed by atoms with Gasteiger partial charge in [-0.1, -0.05) is 0 Å². The Morgan fingerprint density at radius 3 is 2.84 bits per heavy atom. The Kier molecular flexibility index (Phi) is 6.76. The van der Waals surface area contributed by atoms with Gasteiger partial charge in [-0.25, -0.2) is 0 Å². The van der Waals surface area contributed by atoms with E-state index < -0.39 is 0 Å². The third-order valence-electron chi connectivity index (χ3n) is 4.19. The van der Waals surface area contributed by atoms with E-state index in [-0.39, 0.29) is 0 Å². The van der Waals surface area contributed by atoms with Gasteiger partial charge in [0.2, 0.25) is 0 Å². The maximum absolute atomic E-state index is 5.40. The van der Waals surface area contributed by atoms with Crippen molar-refractivity contribution in [1.29, 1.82) is 0 Å². The smallest absolute Gasteiger partial charge is 0.194 e. The molecule has 2 aromatic rings. The molecule has 2 aromatic heterocycles. The zero-order valence-electron chi connectivity index (χ0n) is 14.7. The zero-order valence-corrected chi connectivity index (χ0v) is 15.5. The quantitative estimate of drug-likeness (QED) is 0.465. The first kappa shape index (κ1) is 17.8. The summed E-state index contributed by atoms with van der Waals surface area (Å²) in [6.07, 6.45) is 2.57. The number of aliphatic imine (C=N–C) groups is 1. The molecule has 0 saturated carbocycles. The Morgan fingerprint density at radius 2 is 2.16 bits per heavy atom. The van der Waals surface area contributed by atoms with Crippen LogP contribution in [0, 0.1) is 0 Å². The van der Waals surface area contributed by atoms with Crippen LogP contribution in [0.3, 0.4) is 0 Å². The Morgan fingerprint density at radius 1 is 1.28 bits per heavy atom. The molecule has 1 saturated heterocycles. The number of nitrogens with zero attached hydrogens (tertiary/aromatic N) is 3. The fourth-order valence-corrected chi connectivity index (χ4v) is 3.64. The number of ether oxygens (including phenoxy) is 1. The topological polar surface area (TPSA) is 53.2 Å². The van der Waals surface area contributed by atoms with Gasteiger partial charge in [0.1, 0.15) is 5.76 Å². The van der Waals surface area contributed by atoms with Crippen molar-refractivity contribution < 1.29 is 9.15 Å². The average molecular weight is 362 g/mol. The van der Waals surface area contributed by atoms with E-state index in [9.17, 15) is 0 Å². The molecule has 0 bridgehead atoms. The minimum Gasteiger partial charge on any atom is -0.469 e. The number of hydrogen-bond acceptors (Lipinski definition) is 5. The molecule has 0 unspecified atom stereocenters. The fraction of sp³-hybridized carbons (Fsp3) is 0.500. The van der Waals surface area contributed by atoms with Crippen molar-refractivity contribution in [2.75, 3.05) is 57.9 Å². The number of thiophene rings is 1. The van der Waals surface area contributed by atoms with Gasteiger partial charge >= 0.3 is 0 Å². The van der Waals surface area contributed by atoms with E-state index in [0.29, 0.717) is 13.2 Å². The van der Waals surface area contributed by atoms with Gasteiger partial charge in [0.05, 0.1) is 24.4 Å². The van der Waals surface area contributed by atoms with Gasteiger partial charge in [0.15, 0.2) is 5.96 Å². The molecule has 0 atom stereocenters. The molecule has 0 spiro atoms. The Balaban J connectivity index is 1.52. The third kappa shape index (κ3) is 5.24. The summed E-state index contributed by atoms with van der Waals surface area (Å²) in [5.74, 6) is 1.96. The average Bonchev–Trinajstić information content (AvgIpc) is 3.35. The fourth-order valence-electron chi connectivity index (χ4n) is 2.85. The summed E-state index contributed by atoms with van der Waals surface area (Å²) in [7, 11) is 1.71. The molecule has 0 amide bonds. The van der Waals surface area contributed by atoms with Gasteiger partial charge in [-0.05, 0) is 29.6 Å². The first-order valence-corrected chi connectivity index (χ1v) is 9.58. The van der Waals surface area contributed by atoms with E-state index in [0.717, 1.165) is 50.9 Å². The minimum absolute atomic E-state index is 0.637. The number of nitrogens with one attached hydrogen (secondary N) is 1. The van der Waals surface area contributed by atoms with E-state index in [2.05, 4.69) is 32.6 Å². The molecule has 1 N–H and O–H groups in total. The maximum atomic E-state index is 5.40. The lowest BCUT2D eigenvalue weighted by molar-refractivity contribution is 0.207. The van der Waals surface area contributed by atoms with Crippen LogP contribution >= 0.6 is 11.3 Å². The van der Waals surface area contributed by atoms with Crippen LogP contribution in [0.1, 0.15) is 5.76 Å². The molecule has 3 heterocycles. The number of rotatable bonds is 7. The lowest BCUT2D eigenvalue weighted by Gasteiger charge is -2.37. The first-order valence-electron chi connectivity index (χ1n) is 8.70. The van der Waals surface area contributed by atoms with Crippen LogP contribution in [-0.4, -0.2) is 63.8 Å². The number of methoxy groups -OCH3 is 1. The van der Waals surface area contributed by atoms with Crippen molar-refractivity contribution in [3.8, 4) is 0 Å². The Bertz CT molecular complexity index is 620. The van der Waals surface area contributed by atoms with E-state index in [1.54, 1.807) is 24.7 Å². The highest BCUT2D eigenvalue weighted by molar-refractivity contribution is 7.14. The molecular formula is C18H26N4O2S. The number of furan rings is 1. The van der Waals surface area contributed by atoms with Gasteiger partial charge in [0, 0.05) is 46.3 Å². The molecule has 1 fully saturated rings. The molecule has 136 valence electrons. The predicted octanol–water partition coefficient (Wildman–Crippen LogP) is 2.30. The van der Waals surface area contributed by atoms with Crippen molar-refractivity contribution in [1.82, 2.24) is 10.2 Å². The van der Waals surface area contributed by atoms with Gasteiger partial charge < -0.3 is 24.3 Å². The molecule has 0 aromatic carbocycles. The van der Waals surface area contributed by atoms with E-state index >= 15 is 0 Å². The number of piperazine rings is 1. The van der Waals surface area contributed by atoms with Crippen LogP contribution in [0.25, 0.3) is 0 Å². The highest BCUT2D eigenvalue weighted by atomic mass is 32.1. The van der Waals surface area contributed by atoms with Crippen molar-refractivity contribution in [3.63, 3.8) is 0 Å². The molecule has 7 heteroatoms. The van der Waals surface area contributed by atoms with Gasteiger partial charge in [-0.15, -0.1) is 11.3 Å². The molecule has 1 aliphatic rings. The third-order valence-corrected chi connectivity index (χ3v) is 5.12. The summed E-state index contributed by atoms with van der Waals surface area (Å²) in [5, 5.41) is 6.97. The van der Waals surface area contributed by atoms with Crippen LogP contribution in [0.4, 0.5) is 5.00 Å². The van der Waals surface area contributed by atoms with Crippen LogP contribution in [0.2, 0.25) is 0 Å². The van der Waals surface area contributed by atoms with Crippen LogP contribution in [0.15, 0.2) is 45.3 Å². The standard InChI is InChI=1S/C18H26N4O2S/c1-23-14-8-20-18(19-7-6-16-4-2-13-24-16)22-11-9-21(10-12-22)17-5-3-15-25-17/h2-5,13,15H,6-12,14H2,1H3,(H,19,20). The number of anilines is 1. The van der Waals surface area contributed by atoms with Crippen molar-refractivity contribution in [3.05, 3.63) is 41.7 Å². The van der Waals surface area contributed by atoms with Crippen molar-refractivity contribution >= 4 is 22.3 Å².